The topological polar surface area (TPSA) is 20.2 Å². The molecule has 0 bridgehead atoms. The molecule has 0 aromatic heterocycles. The zero-order valence-electron chi connectivity index (χ0n) is 8.52. The van der Waals surface area contributed by atoms with Crippen molar-refractivity contribution in [2.45, 2.75) is 41.0 Å². The third-order valence-corrected chi connectivity index (χ3v) is 2.92. The summed E-state index contributed by atoms with van der Waals surface area (Å²) in [5, 5.41) is 9.16. The van der Waals surface area contributed by atoms with Crippen molar-refractivity contribution in [3.63, 3.8) is 0 Å². The second-order valence-corrected chi connectivity index (χ2v) is 4.38. The van der Waals surface area contributed by atoms with Gasteiger partial charge < -0.3 is 5.11 Å². The summed E-state index contributed by atoms with van der Waals surface area (Å²) >= 11 is 0. The molecule has 1 atom stereocenters. The van der Waals surface area contributed by atoms with Gasteiger partial charge in [-0.1, -0.05) is 41.0 Å². The van der Waals surface area contributed by atoms with E-state index in [1.54, 1.807) is 0 Å². The van der Waals surface area contributed by atoms with Gasteiger partial charge in [0.1, 0.15) is 0 Å². The van der Waals surface area contributed by atoms with Crippen molar-refractivity contribution in [1.29, 1.82) is 0 Å². The molecule has 0 spiro atoms. The van der Waals surface area contributed by atoms with Gasteiger partial charge in [-0.15, -0.1) is 0 Å². The van der Waals surface area contributed by atoms with E-state index in [4.69, 9.17) is 5.11 Å². The van der Waals surface area contributed by atoms with E-state index in [2.05, 4.69) is 34.6 Å². The molecule has 68 valence electrons. The normalized spacial score (nSPS) is 15.5. The number of rotatable bonds is 4. The second-order valence-electron chi connectivity index (χ2n) is 4.38. The largest absolute Gasteiger partial charge is 0.396 e. The zero-order chi connectivity index (χ0) is 9.07. The molecule has 0 heterocycles. The van der Waals surface area contributed by atoms with Gasteiger partial charge >= 0.3 is 0 Å². The van der Waals surface area contributed by atoms with Crippen LogP contribution in [0.1, 0.15) is 41.0 Å². The van der Waals surface area contributed by atoms with E-state index in [0.29, 0.717) is 18.4 Å². The van der Waals surface area contributed by atoms with E-state index < -0.39 is 0 Å². The summed E-state index contributed by atoms with van der Waals surface area (Å²) in [6.45, 7) is 11.3. The lowest BCUT2D eigenvalue weighted by Crippen LogP contribution is -2.30. The molecule has 1 nitrogen and oxygen atoms in total. The highest BCUT2D eigenvalue weighted by molar-refractivity contribution is 4.78. The third-order valence-electron chi connectivity index (χ3n) is 2.92. The van der Waals surface area contributed by atoms with E-state index in [9.17, 15) is 0 Å². The zero-order valence-corrected chi connectivity index (χ0v) is 8.52. The van der Waals surface area contributed by atoms with E-state index in [1.165, 1.54) is 0 Å². The van der Waals surface area contributed by atoms with Gasteiger partial charge in [0.05, 0.1) is 0 Å². The molecule has 0 saturated carbocycles. The van der Waals surface area contributed by atoms with Crippen molar-refractivity contribution in [3.8, 4) is 0 Å². The highest BCUT2D eigenvalue weighted by Crippen LogP contribution is 2.34. The van der Waals surface area contributed by atoms with Gasteiger partial charge in [-0.2, -0.15) is 0 Å². The standard InChI is InChI=1S/C10H22O/c1-6-10(4,5)9(7-11)8(2)3/h8-9,11H,6-7H2,1-5H3. The number of hydrogen-bond acceptors (Lipinski definition) is 1. The molecule has 11 heavy (non-hydrogen) atoms. The minimum Gasteiger partial charge on any atom is -0.396 e. The number of aliphatic hydroxyl groups is 1. The van der Waals surface area contributed by atoms with Crippen LogP contribution in [0.4, 0.5) is 0 Å². The summed E-state index contributed by atoms with van der Waals surface area (Å²) in [7, 11) is 0. The average molecular weight is 158 g/mol. The van der Waals surface area contributed by atoms with Crippen LogP contribution in [0.25, 0.3) is 0 Å². The van der Waals surface area contributed by atoms with Crippen LogP contribution in [0, 0.1) is 17.3 Å². The maximum atomic E-state index is 9.16. The third kappa shape index (κ3) is 2.82. The Labute approximate surface area is 70.8 Å². The van der Waals surface area contributed by atoms with Crippen LogP contribution in [0.5, 0.6) is 0 Å². The summed E-state index contributed by atoms with van der Waals surface area (Å²) in [5.41, 5.74) is 0.281. The van der Waals surface area contributed by atoms with Crippen molar-refractivity contribution in [3.05, 3.63) is 0 Å². The molecule has 0 aliphatic rings. The van der Waals surface area contributed by atoms with Crippen LogP contribution in [-0.2, 0) is 0 Å². The van der Waals surface area contributed by atoms with Gasteiger partial charge in [0.15, 0.2) is 0 Å². The Kier molecular flexibility index (Phi) is 4.09. The summed E-state index contributed by atoms with van der Waals surface area (Å²) < 4.78 is 0. The SMILES string of the molecule is CCC(C)(C)C(CO)C(C)C. The molecule has 0 aliphatic carbocycles. The lowest BCUT2D eigenvalue weighted by atomic mass is 9.72. The van der Waals surface area contributed by atoms with Crippen LogP contribution in [0.15, 0.2) is 0 Å². The Balaban J connectivity index is 4.23. The molecule has 0 aliphatic heterocycles. The Hall–Kier alpha value is -0.0400. The minimum atomic E-state index is 0.281. The predicted molar refractivity (Wildman–Crippen MR) is 49.5 cm³/mol. The lowest BCUT2D eigenvalue weighted by molar-refractivity contribution is 0.0760. The smallest absolute Gasteiger partial charge is 0.0466 e. The Bertz CT molecular complexity index is 105. The molecular formula is C10H22O. The monoisotopic (exact) mass is 158 g/mol. The average Bonchev–Trinajstić information content (AvgIpc) is 1.88. The second kappa shape index (κ2) is 4.10. The number of aliphatic hydroxyl groups excluding tert-OH is 1. The van der Waals surface area contributed by atoms with E-state index in [-0.39, 0.29) is 5.41 Å². The quantitative estimate of drug-likeness (QED) is 0.667. The van der Waals surface area contributed by atoms with Gasteiger partial charge in [-0.3, -0.25) is 0 Å². The maximum Gasteiger partial charge on any atom is 0.0466 e. The van der Waals surface area contributed by atoms with Crippen LogP contribution < -0.4 is 0 Å². The summed E-state index contributed by atoms with van der Waals surface area (Å²) in [6, 6.07) is 0. The van der Waals surface area contributed by atoms with Gasteiger partial charge in [-0.05, 0) is 17.3 Å². The molecular weight excluding hydrogens is 136 g/mol. The maximum absolute atomic E-state index is 9.16. The summed E-state index contributed by atoms with van der Waals surface area (Å²) in [4.78, 5) is 0. The van der Waals surface area contributed by atoms with Crippen LogP contribution in [0.3, 0.4) is 0 Å². The van der Waals surface area contributed by atoms with Crippen molar-refractivity contribution in [1.82, 2.24) is 0 Å². The van der Waals surface area contributed by atoms with E-state index >= 15 is 0 Å². The van der Waals surface area contributed by atoms with Crippen molar-refractivity contribution >= 4 is 0 Å². The predicted octanol–water partition coefficient (Wildman–Crippen LogP) is 2.69. The Morgan fingerprint density at radius 2 is 1.73 bits per heavy atom. The molecule has 1 N–H and O–H groups in total. The molecule has 0 aromatic rings. The first-order chi connectivity index (χ1) is 4.95. The fourth-order valence-electron chi connectivity index (χ4n) is 1.62. The molecule has 1 heteroatoms. The van der Waals surface area contributed by atoms with Crippen LogP contribution >= 0.6 is 0 Å². The van der Waals surface area contributed by atoms with E-state index in [0.717, 1.165) is 6.42 Å². The molecule has 0 aromatic carbocycles. The van der Waals surface area contributed by atoms with Crippen molar-refractivity contribution < 1.29 is 5.11 Å². The van der Waals surface area contributed by atoms with Gasteiger partial charge in [0.2, 0.25) is 0 Å². The van der Waals surface area contributed by atoms with Crippen molar-refractivity contribution in [2.24, 2.45) is 17.3 Å². The van der Waals surface area contributed by atoms with Gasteiger partial charge in [0.25, 0.3) is 0 Å². The summed E-state index contributed by atoms with van der Waals surface area (Å²) in [6.07, 6.45) is 1.14. The molecule has 0 fully saturated rings. The molecule has 0 rings (SSSR count). The lowest BCUT2D eigenvalue weighted by Gasteiger charge is -2.35. The molecule has 0 amide bonds. The molecule has 0 saturated heterocycles. The first-order valence-corrected chi connectivity index (χ1v) is 4.56. The first kappa shape index (κ1) is 11.0. The van der Waals surface area contributed by atoms with Crippen molar-refractivity contribution in [2.75, 3.05) is 6.61 Å². The Morgan fingerprint density at radius 1 is 1.27 bits per heavy atom. The molecule has 1 unspecified atom stereocenters. The minimum absolute atomic E-state index is 0.281. The van der Waals surface area contributed by atoms with E-state index in [1.807, 2.05) is 0 Å². The Morgan fingerprint density at radius 3 is 1.82 bits per heavy atom. The van der Waals surface area contributed by atoms with Crippen LogP contribution in [0.2, 0.25) is 0 Å². The van der Waals surface area contributed by atoms with Gasteiger partial charge in [-0.25, -0.2) is 0 Å². The summed E-state index contributed by atoms with van der Waals surface area (Å²) in [5.74, 6) is 1.02. The highest BCUT2D eigenvalue weighted by atomic mass is 16.3. The fraction of sp³-hybridized carbons (Fsp3) is 1.00. The van der Waals surface area contributed by atoms with Crippen LogP contribution in [-0.4, -0.2) is 11.7 Å². The number of hydrogen-bond donors (Lipinski definition) is 1. The van der Waals surface area contributed by atoms with Gasteiger partial charge in [0, 0.05) is 6.61 Å². The highest BCUT2D eigenvalue weighted by Gasteiger charge is 2.29. The first-order valence-electron chi connectivity index (χ1n) is 4.56. The fourth-order valence-corrected chi connectivity index (χ4v) is 1.62. The molecule has 0 radical (unpaired) electrons.